The van der Waals surface area contributed by atoms with Crippen molar-refractivity contribution in [3.8, 4) is 0 Å². The number of hydrogen-bond acceptors (Lipinski definition) is 4. The van der Waals surface area contributed by atoms with Crippen LogP contribution in [-0.2, 0) is 14.3 Å². The highest BCUT2D eigenvalue weighted by Gasteiger charge is 2.42. The molecule has 29 heavy (non-hydrogen) atoms. The second-order valence-electron chi connectivity index (χ2n) is 8.32. The standard InChI is InChI=1S/C21H38N4O3.HI/c1-3-22-20(23-17-21(7-8-21)9-14-27-4-2)25-10-5-18(6-11-25)19(26)24-12-15-28-16-13-24;/h18H,3-17H2,1-2H3,(H,22,23);1H. The first-order chi connectivity index (χ1) is 13.7. The van der Waals surface area contributed by atoms with Crippen LogP contribution in [0.15, 0.2) is 4.99 Å². The van der Waals surface area contributed by atoms with E-state index in [1.165, 1.54) is 12.8 Å². The number of piperidine rings is 1. The molecule has 0 aromatic carbocycles. The largest absolute Gasteiger partial charge is 0.382 e. The maximum Gasteiger partial charge on any atom is 0.225 e. The van der Waals surface area contributed by atoms with E-state index in [4.69, 9.17) is 14.5 Å². The fourth-order valence-corrected chi connectivity index (χ4v) is 4.15. The van der Waals surface area contributed by atoms with Gasteiger partial charge in [0.05, 0.1) is 13.2 Å². The number of ether oxygens (including phenoxy) is 2. The molecule has 1 N–H and O–H groups in total. The molecule has 2 saturated heterocycles. The minimum Gasteiger partial charge on any atom is -0.382 e. The normalized spacial score (nSPS) is 22.2. The van der Waals surface area contributed by atoms with Crippen LogP contribution < -0.4 is 5.32 Å². The van der Waals surface area contributed by atoms with E-state index in [0.717, 1.165) is 77.7 Å². The summed E-state index contributed by atoms with van der Waals surface area (Å²) >= 11 is 0. The Hall–Kier alpha value is -0.610. The molecule has 3 aliphatic rings. The van der Waals surface area contributed by atoms with Gasteiger partial charge in [0.25, 0.3) is 0 Å². The van der Waals surface area contributed by atoms with E-state index < -0.39 is 0 Å². The van der Waals surface area contributed by atoms with Gasteiger partial charge in [0.2, 0.25) is 5.91 Å². The first kappa shape index (κ1) is 24.7. The fourth-order valence-electron chi connectivity index (χ4n) is 4.15. The summed E-state index contributed by atoms with van der Waals surface area (Å²) in [5.74, 6) is 1.48. The second kappa shape index (κ2) is 12.3. The number of amides is 1. The molecule has 0 spiro atoms. The molecule has 1 saturated carbocycles. The smallest absolute Gasteiger partial charge is 0.225 e. The molecule has 0 aromatic heterocycles. The van der Waals surface area contributed by atoms with Crippen LogP contribution in [0.4, 0.5) is 0 Å². The van der Waals surface area contributed by atoms with Crippen LogP contribution in [-0.4, -0.2) is 87.4 Å². The van der Waals surface area contributed by atoms with E-state index in [9.17, 15) is 4.79 Å². The summed E-state index contributed by atoms with van der Waals surface area (Å²) in [5, 5.41) is 3.46. The van der Waals surface area contributed by atoms with Crippen LogP contribution in [0.1, 0.15) is 46.0 Å². The minimum absolute atomic E-state index is 0. The Balaban J connectivity index is 0.00000300. The molecule has 7 nitrogen and oxygen atoms in total. The number of likely N-dealkylation sites (tertiary alicyclic amines) is 1. The highest BCUT2D eigenvalue weighted by atomic mass is 127. The summed E-state index contributed by atoms with van der Waals surface area (Å²) in [6.07, 6.45) is 5.46. The van der Waals surface area contributed by atoms with Crippen LogP contribution in [0, 0.1) is 11.3 Å². The topological polar surface area (TPSA) is 66.4 Å². The zero-order valence-corrected chi connectivity index (χ0v) is 20.5. The van der Waals surface area contributed by atoms with E-state index in [2.05, 4.69) is 24.1 Å². The molecule has 2 aliphatic heterocycles. The Morgan fingerprint density at radius 3 is 2.41 bits per heavy atom. The molecular weight excluding hydrogens is 483 g/mol. The third-order valence-electron chi connectivity index (χ3n) is 6.30. The van der Waals surface area contributed by atoms with Gasteiger partial charge >= 0.3 is 0 Å². The zero-order valence-electron chi connectivity index (χ0n) is 18.2. The minimum atomic E-state index is 0. The number of carbonyl (C=O) groups excluding carboxylic acids is 1. The van der Waals surface area contributed by atoms with Crippen LogP contribution in [0.3, 0.4) is 0 Å². The van der Waals surface area contributed by atoms with Gasteiger partial charge in [-0.2, -0.15) is 0 Å². The van der Waals surface area contributed by atoms with Crippen molar-refractivity contribution in [2.45, 2.75) is 46.0 Å². The van der Waals surface area contributed by atoms with E-state index >= 15 is 0 Å². The lowest BCUT2D eigenvalue weighted by molar-refractivity contribution is -0.140. The number of nitrogens with zero attached hydrogens (tertiary/aromatic N) is 3. The van der Waals surface area contributed by atoms with Gasteiger partial charge in [0, 0.05) is 58.4 Å². The maximum absolute atomic E-state index is 12.7. The van der Waals surface area contributed by atoms with Gasteiger partial charge in [-0.25, -0.2) is 0 Å². The van der Waals surface area contributed by atoms with Gasteiger partial charge in [-0.15, -0.1) is 24.0 Å². The highest BCUT2D eigenvalue weighted by Crippen LogP contribution is 2.49. The summed E-state index contributed by atoms with van der Waals surface area (Å²) in [7, 11) is 0. The van der Waals surface area contributed by atoms with Crippen molar-refractivity contribution >= 4 is 35.8 Å². The molecule has 0 bridgehead atoms. The Kier molecular flexibility index (Phi) is 10.5. The lowest BCUT2D eigenvalue weighted by Crippen LogP contribution is -2.50. The predicted molar refractivity (Wildman–Crippen MR) is 126 cm³/mol. The summed E-state index contributed by atoms with van der Waals surface area (Å²) in [6, 6.07) is 0. The SMILES string of the molecule is CCNC(=NCC1(CCOCC)CC1)N1CCC(C(=O)N2CCOCC2)CC1.I. The van der Waals surface area contributed by atoms with Gasteiger partial charge in [0.1, 0.15) is 0 Å². The Bertz CT molecular complexity index is 528. The van der Waals surface area contributed by atoms with E-state index in [0.29, 0.717) is 24.5 Å². The van der Waals surface area contributed by atoms with Crippen molar-refractivity contribution in [3.63, 3.8) is 0 Å². The number of aliphatic imine (C=N–C) groups is 1. The average Bonchev–Trinajstić information content (AvgIpc) is 3.51. The third-order valence-corrected chi connectivity index (χ3v) is 6.30. The van der Waals surface area contributed by atoms with Gasteiger partial charge in [0.15, 0.2) is 5.96 Å². The van der Waals surface area contributed by atoms with E-state index in [1.807, 2.05) is 4.90 Å². The van der Waals surface area contributed by atoms with Gasteiger partial charge in [-0.1, -0.05) is 0 Å². The molecule has 168 valence electrons. The predicted octanol–water partition coefficient (Wildman–Crippen LogP) is 2.35. The molecule has 3 rings (SSSR count). The van der Waals surface area contributed by atoms with Crippen molar-refractivity contribution in [1.29, 1.82) is 0 Å². The second-order valence-corrected chi connectivity index (χ2v) is 8.32. The van der Waals surface area contributed by atoms with Crippen molar-refractivity contribution in [1.82, 2.24) is 15.1 Å². The number of morpholine rings is 1. The quantitative estimate of drug-likeness (QED) is 0.230. The lowest BCUT2D eigenvalue weighted by atomic mass is 9.95. The van der Waals surface area contributed by atoms with Crippen molar-refractivity contribution in [3.05, 3.63) is 0 Å². The zero-order chi connectivity index (χ0) is 19.8. The van der Waals surface area contributed by atoms with Crippen molar-refractivity contribution in [2.75, 3.05) is 65.7 Å². The molecule has 3 fully saturated rings. The Morgan fingerprint density at radius 2 is 1.83 bits per heavy atom. The van der Waals surface area contributed by atoms with Gasteiger partial charge < -0.3 is 24.6 Å². The molecule has 1 amide bonds. The maximum atomic E-state index is 12.7. The molecule has 2 heterocycles. The lowest BCUT2D eigenvalue weighted by Gasteiger charge is -2.37. The number of hydrogen-bond donors (Lipinski definition) is 1. The first-order valence-electron chi connectivity index (χ1n) is 11.1. The molecule has 0 radical (unpaired) electrons. The van der Waals surface area contributed by atoms with Gasteiger partial charge in [-0.05, 0) is 51.4 Å². The van der Waals surface area contributed by atoms with Crippen molar-refractivity contribution in [2.24, 2.45) is 16.3 Å². The summed E-state index contributed by atoms with van der Waals surface area (Å²) in [4.78, 5) is 22.0. The van der Waals surface area contributed by atoms with E-state index in [-0.39, 0.29) is 29.9 Å². The molecule has 0 aromatic rings. The number of guanidine groups is 1. The summed E-state index contributed by atoms with van der Waals surface area (Å²) < 4.78 is 10.9. The number of carbonyl (C=O) groups is 1. The van der Waals surface area contributed by atoms with Crippen LogP contribution >= 0.6 is 24.0 Å². The molecule has 1 aliphatic carbocycles. The summed E-state index contributed by atoms with van der Waals surface area (Å²) in [5.41, 5.74) is 0.362. The molecule has 8 heteroatoms. The van der Waals surface area contributed by atoms with E-state index in [1.54, 1.807) is 0 Å². The van der Waals surface area contributed by atoms with Gasteiger partial charge in [-0.3, -0.25) is 9.79 Å². The average molecular weight is 522 g/mol. The van der Waals surface area contributed by atoms with Crippen molar-refractivity contribution < 1.29 is 14.3 Å². The number of rotatable bonds is 8. The monoisotopic (exact) mass is 522 g/mol. The number of nitrogens with one attached hydrogen (secondary N) is 1. The van der Waals surface area contributed by atoms with Crippen LogP contribution in [0.2, 0.25) is 0 Å². The third kappa shape index (κ3) is 7.24. The molecular formula is C21H39IN4O3. The number of halogens is 1. The Labute approximate surface area is 193 Å². The first-order valence-corrected chi connectivity index (χ1v) is 11.1. The van der Waals surface area contributed by atoms with Crippen LogP contribution in [0.25, 0.3) is 0 Å². The fraction of sp³-hybridized carbons (Fsp3) is 0.905. The summed E-state index contributed by atoms with van der Waals surface area (Å²) in [6.45, 7) is 12.2. The molecule has 0 unspecified atom stereocenters. The van der Waals surface area contributed by atoms with Crippen LogP contribution in [0.5, 0.6) is 0 Å². The highest BCUT2D eigenvalue weighted by molar-refractivity contribution is 14.0. The Morgan fingerprint density at radius 1 is 1.14 bits per heavy atom. The molecule has 0 atom stereocenters.